The standard InChI is InChI=1S/C16H14BrN3O3/c1-8-6-10(4-5-11(8)17)19-14(21)12-9(2)23-15-13(12)16(22)20(3)7-18-15/h4-7H,1-3H3,(H,19,21). The molecule has 0 radical (unpaired) electrons. The molecule has 2 aromatic heterocycles. The number of anilines is 1. The summed E-state index contributed by atoms with van der Waals surface area (Å²) < 4.78 is 7.72. The van der Waals surface area contributed by atoms with Gasteiger partial charge in [-0.1, -0.05) is 15.9 Å². The maximum absolute atomic E-state index is 12.6. The summed E-state index contributed by atoms with van der Waals surface area (Å²) in [5.41, 5.74) is 1.71. The van der Waals surface area contributed by atoms with E-state index in [1.54, 1.807) is 20.0 Å². The molecular weight excluding hydrogens is 362 g/mol. The molecule has 23 heavy (non-hydrogen) atoms. The van der Waals surface area contributed by atoms with Crippen molar-refractivity contribution in [2.24, 2.45) is 7.05 Å². The van der Waals surface area contributed by atoms with Crippen molar-refractivity contribution in [3.63, 3.8) is 0 Å². The molecule has 0 atom stereocenters. The molecular formula is C16H14BrN3O3. The summed E-state index contributed by atoms with van der Waals surface area (Å²) in [6, 6.07) is 5.48. The van der Waals surface area contributed by atoms with Gasteiger partial charge in [-0.15, -0.1) is 0 Å². The van der Waals surface area contributed by atoms with E-state index in [2.05, 4.69) is 26.2 Å². The SMILES string of the molecule is Cc1cc(NC(=O)c2c(C)oc3ncn(C)c(=O)c23)ccc1Br. The number of benzene rings is 1. The van der Waals surface area contributed by atoms with Gasteiger partial charge in [0.2, 0.25) is 5.71 Å². The zero-order valence-electron chi connectivity index (χ0n) is 12.8. The van der Waals surface area contributed by atoms with Gasteiger partial charge in [0.1, 0.15) is 17.5 Å². The van der Waals surface area contributed by atoms with Crippen LogP contribution in [0.3, 0.4) is 0 Å². The van der Waals surface area contributed by atoms with Crippen LogP contribution in [0.5, 0.6) is 0 Å². The second-order valence-corrected chi connectivity index (χ2v) is 6.15. The van der Waals surface area contributed by atoms with Crippen LogP contribution in [0, 0.1) is 13.8 Å². The van der Waals surface area contributed by atoms with Crippen molar-refractivity contribution in [1.82, 2.24) is 9.55 Å². The van der Waals surface area contributed by atoms with Gasteiger partial charge in [-0.05, 0) is 37.6 Å². The third kappa shape index (κ3) is 2.68. The van der Waals surface area contributed by atoms with E-state index >= 15 is 0 Å². The Morgan fingerprint density at radius 1 is 1.35 bits per heavy atom. The summed E-state index contributed by atoms with van der Waals surface area (Å²) in [4.78, 5) is 29.0. The molecule has 0 saturated carbocycles. The largest absolute Gasteiger partial charge is 0.442 e. The topological polar surface area (TPSA) is 77.1 Å². The van der Waals surface area contributed by atoms with E-state index in [1.807, 2.05) is 19.1 Å². The van der Waals surface area contributed by atoms with Crippen LogP contribution in [0.2, 0.25) is 0 Å². The number of hydrogen-bond donors (Lipinski definition) is 1. The highest BCUT2D eigenvalue weighted by atomic mass is 79.9. The average Bonchev–Trinajstić information content (AvgIpc) is 2.84. The lowest BCUT2D eigenvalue weighted by Crippen LogP contribution is -2.20. The van der Waals surface area contributed by atoms with E-state index in [4.69, 9.17) is 4.42 Å². The molecule has 0 aliphatic carbocycles. The minimum absolute atomic E-state index is 0.169. The summed E-state index contributed by atoms with van der Waals surface area (Å²) in [6.07, 6.45) is 1.37. The van der Waals surface area contributed by atoms with Crippen LogP contribution >= 0.6 is 15.9 Å². The monoisotopic (exact) mass is 375 g/mol. The predicted octanol–water partition coefficient (Wildman–Crippen LogP) is 3.16. The Balaban J connectivity index is 2.07. The lowest BCUT2D eigenvalue weighted by Gasteiger charge is -2.07. The lowest BCUT2D eigenvalue weighted by molar-refractivity contribution is 0.102. The fraction of sp³-hybridized carbons (Fsp3) is 0.188. The van der Waals surface area contributed by atoms with Gasteiger partial charge in [0.25, 0.3) is 11.5 Å². The molecule has 2 heterocycles. The molecule has 1 N–H and O–H groups in total. The smallest absolute Gasteiger partial charge is 0.265 e. The first-order valence-corrected chi connectivity index (χ1v) is 7.70. The van der Waals surface area contributed by atoms with Crippen LogP contribution in [-0.4, -0.2) is 15.5 Å². The van der Waals surface area contributed by atoms with Gasteiger partial charge in [-0.2, -0.15) is 0 Å². The molecule has 1 amide bonds. The second-order valence-electron chi connectivity index (χ2n) is 5.29. The third-order valence-electron chi connectivity index (χ3n) is 3.59. The molecule has 0 fully saturated rings. The van der Waals surface area contributed by atoms with Crippen LogP contribution < -0.4 is 10.9 Å². The minimum atomic E-state index is -0.395. The summed E-state index contributed by atoms with van der Waals surface area (Å²) >= 11 is 3.42. The fourth-order valence-electron chi connectivity index (χ4n) is 2.38. The number of hydrogen-bond acceptors (Lipinski definition) is 4. The number of amides is 1. The number of carbonyl (C=O) groups excluding carboxylic acids is 1. The molecule has 0 spiro atoms. The highest BCUT2D eigenvalue weighted by Gasteiger charge is 2.22. The number of halogens is 1. The van der Waals surface area contributed by atoms with Crippen molar-refractivity contribution in [1.29, 1.82) is 0 Å². The molecule has 0 unspecified atom stereocenters. The van der Waals surface area contributed by atoms with Crippen LogP contribution in [0.1, 0.15) is 21.7 Å². The van der Waals surface area contributed by atoms with Gasteiger partial charge < -0.3 is 14.3 Å². The van der Waals surface area contributed by atoms with Crippen molar-refractivity contribution in [2.45, 2.75) is 13.8 Å². The van der Waals surface area contributed by atoms with Gasteiger partial charge >= 0.3 is 0 Å². The molecule has 3 aromatic rings. The first kappa shape index (κ1) is 15.5. The second kappa shape index (κ2) is 5.66. The van der Waals surface area contributed by atoms with Crippen molar-refractivity contribution in [3.05, 3.63) is 56.2 Å². The first-order valence-electron chi connectivity index (χ1n) is 6.90. The summed E-state index contributed by atoms with van der Waals surface area (Å²) in [5.74, 6) is -0.0322. The van der Waals surface area contributed by atoms with Crippen LogP contribution in [0.4, 0.5) is 5.69 Å². The zero-order chi connectivity index (χ0) is 16.7. The minimum Gasteiger partial charge on any atom is -0.442 e. The van der Waals surface area contributed by atoms with Crippen molar-refractivity contribution in [2.75, 3.05) is 5.32 Å². The molecule has 7 heteroatoms. The highest BCUT2D eigenvalue weighted by molar-refractivity contribution is 9.10. The predicted molar refractivity (Wildman–Crippen MR) is 90.8 cm³/mol. The summed E-state index contributed by atoms with van der Waals surface area (Å²) in [5, 5.41) is 2.99. The third-order valence-corrected chi connectivity index (χ3v) is 4.48. The van der Waals surface area contributed by atoms with Crippen molar-refractivity contribution < 1.29 is 9.21 Å². The maximum atomic E-state index is 12.6. The summed E-state index contributed by atoms with van der Waals surface area (Å²) in [7, 11) is 1.58. The van der Waals surface area contributed by atoms with Gasteiger partial charge in [0.15, 0.2) is 0 Å². The molecule has 0 aliphatic heterocycles. The first-order chi connectivity index (χ1) is 10.9. The highest BCUT2D eigenvalue weighted by Crippen LogP contribution is 2.24. The van der Waals surface area contributed by atoms with Gasteiger partial charge in [0.05, 0.1) is 5.56 Å². The average molecular weight is 376 g/mol. The van der Waals surface area contributed by atoms with Gasteiger partial charge in [-0.3, -0.25) is 9.59 Å². The Kier molecular flexibility index (Phi) is 3.81. The Morgan fingerprint density at radius 2 is 2.09 bits per heavy atom. The number of nitrogens with one attached hydrogen (secondary N) is 1. The van der Waals surface area contributed by atoms with Crippen LogP contribution in [0.15, 0.2) is 38.2 Å². The van der Waals surface area contributed by atoms with Crippen molar-refractivity contribution >= 4 is 38.6 Å². The zero-order valence-corrected chi connectivity index (χ0v) is 14.4. The maximum Gasteiger partial charge on any atom is 0.265 e. The quantitative estimate of drug-likeness (QED) is 0.746. The molecule has 0 bridgehead atoms. The van der Waals surface area contributed by atoms with E-state index in [0.717, 1.165) is 10.0 Å². The molecule has 6 nitrogen and oxygen atoms in total. The van der Waals surface area contributed by atoms with E-state index in [1.165, 1.54) is 10.9 Å². The molecule has 0 saturated heterocycles. The number of carbonyl (C=O) groups is 1. The van der Waals surface area contributed by atoms with Crippen LogP contribution in [0.25, 0.3) is 11.1 Å². The van der Waals surface area contributed by atoms with E-state index < -0.39 is 5.91 Å². The summed E-state index contributed by atoms with van der Waals surface area (Å²) in [6.45, 7) is 3.57. The molecule has 0 aliphatic rings. The van der Waals surface area contributed by atoms with Gasteiger partial charge in [-0.25, -0.2) is 4.98 Å². The van der Waals surface area contributed by atoms with Crippen LogP contribution in [-0.2, 0) is 7.05 Å². The number of rotatable bonds is 2. The Labute approximate surface area is 140 Å². The number of nitrogens with zero attached hydrogens (tertiary/aromatic N) is 2. The van der Waals surface area contributed by atoms with E-state index in [-0.39, 0.29) is 22.2 Å². The number of fused-ring (bicyclic) bond motifs is 1. The Morgan fingerprint density at radius 3 is 2.78 bits per heavy atom. The number of furan rings is 1. The Bertz CT molecular complexity index is 988. The molecule has 3 rings (SSSR count). The van der Waals surface area contributed by atoms with E-state index in [0.29, 0.717) is 11.4 Å². The normalized spacial score (nSPS) is 11.0. The van der Waals surface area contributed by atoms with Gasteiger partial charge in [0, 0.05) is 17.2 Å². The molecule has 1 aromatic carbocycles. The lowest BCUT2D eigenvalue weighted by atomic mass is 10.1. The number of aryl methyl sites for hydroxylation is 3. The van der Waals surface area contributed by atoms with Crippen molar-refractivity contribution in [3.8, 4) is 0 Å². The fourth-order valence-corrected chi connectivity index (χ4v) is 2.62. The Hall–Kier alpha value is -2.41. The number of aromatic nitrogens is 2. The van der Waals surface area contributed by atoms with E-state index in [9.17, 15) is 9.59 Å². The molecule has 118 valence electrons.